The second-order valence-electron chi connectivity index (χ2n) is 7.44. The summed E-state index contributed by atoms with van der Waals surface area (Å²) in [6.45, 7) is 1.64. The number of methoxy groups -OCH3 is 1. The highest BCUT2D eigenvalue weighted by Gasteiger charge is 2.19. The third-order valence-corrected chi connectivity index (χ3v) is 5.31. The van der Waals surface area contributed by atoms with Gasteiger partial charge in [-0.2, -0.15) is 0 Å². The molecule has 0 saturated carbocycles. The van der Waals surface area contributed by atoms with Gasteiger partial charge in [-0.3, -0.25) is 14.4 Å². The van der Waals surface area contributed by atoms with Crippen LogP contribution in [0.2, 0.25) is 5.02 Å². The molecule has 0 spiro atoms. The Morgan fingerprint density at radius 2 is 1.85 bits per heavy atom. The van der Waals surface area contributed by atoms with Crippen molar-refractivity contribution in [3.63, 3.8) is 0 Å². The van der Waals surface area contributed by atoms with E-state index in [0.29, 0.717) is 27.8 Å². The summed E-state index contributed by atoms with van der Waals surface area (Å²) in [4.78, 5) is 43.4. The van der Waals surface area contributed by atoms with Crippen LogP contribution in [0.1, 0.15) is 21.6 Å². The summed E-state index contributed by atoms with van der Waals surface area (Å²) in [6, 6.07) is 16.6. The molecule has 8 heteroatoms. The highest BCUT2D eigenvalue weighted by molar-refractivity contribution is 6.31. The number of ether oxygens (including phenoxy) is 1. The summed E-state index contributed by atoms with van der Waals surface area (Å²) in [5.74, 6) is -0.146. The lowest BCUT2D eigenvalue weighted by Gasteiger charge is -2.13. The molecular formula is C25H20ClN3O4. The molecule has 4 rings (SSSR count). The maximum atomic E-state index is 13.1. The average molecular weight is 462 g/mol. The number of aromatic nitrogens is 2. The zero-order chi connectivity index (χ0) is 23.5. The van der Waals surface area contributed by atoms with E-state index in [1.165, 1.54) is 16.8 Å². The normalized spacial score (nSPS) is 10.8. The molecule has 2 aromatic carbocycles. The Morgan fingerprint density at radius 3 is 2.55 bits per heavy atom. The van der Waals surface area contributed by atoms with Crippen LogP contribution < -0.4 is 15.5 Å². The molecule has 0 aliphatic rings. The van der Waals surface area contributed by atoms with Gasteiger partial charge in [0.1, 0.15) is 17.9 Å². The largest absolute Gasteiger partial charge is 0.497 e. The minimum Gasteiger partial charge on any atom is -0.497 e. The standard InChI is InChI=1S/C25H20ClN3O4/c1-15-6-11-20-24(32)21(23(31)16-4-3-5-17(26)12-16)13-29(25(20)27-15)14-22(30)28-18-7-9-19(33-2)10-8-18/h3-13H,14H2,1-2H3,(H,28,30). The van der Waals surface area contributed by atoms with E-state index < -0.39 is 11.2 Å². The number of hydrogen-bond acceptors (Lipinski definition) is 5. The SMILES string of the molecule is COc1ccc(NC(=O)Cn2cc(C(=O)c3cccc(Cl)c3)c(=O)c3ccc(C)nc32)cc1. The quantitative estimate of drug-likeness (QED) is 0.434. The number of aryl methyl sites for hydroxylation is 1. The maximum Gasteiger partial charge on any atom is 0.244 e. The maximum absolute atomic E-state index is 13.1. The van der Waals surface area contributed by atoms with Gasteiger partial charge in [0.15, 0.2) is 5.78 Å². The van der Waals surface area contributed by atoms with Crippen molar-refractivity contribution in [2.75, 3.05) is 12.4 Å². The number of pyridine rings is 2. The van der Waals surface area contributed by atoms with Gasteiger partial charge in [0, 0.05) is 28.2 Å². The van der Waals surface area contributed by atoms with Crippen molar-refractivity contribution in [1.82, 2.24) is 9.55 Å². The summed E-state index contributed by atoms with van der Waals surface area (Å²) in [5.41, 5.74) is 1.37. The van der Waals surface area contributed by atoms with Crippen LogP contribution in [-0.2, 0) is 11.3 Å². The van der Waals surface area contributed by atoms with Crippen molar-refractivity contribution in [1.29, 1.82) is 0 Å². The minimum atomic E-state index is -0.478. The monoisotopic (exact) mass is 461 g/mol. The second-order valence-corrected chi connectivity index (χ2v) is 7.88. The molecule has 0 saturated heterocycles. The number of fused-ring (bicyclic) bond motifs is 1. The third kappa shape index (κ3) is 4.78. The van der Waals surface area contributed by atoms with Crippen molar-refractivity contribution in [2.24, 2.45) is 0 Å². The third-order valence-electron chi connectivity index (χ3n) is 5.08. The lowest BCUT2D eigenvalue weighted by atomic mass is 10.0. The number of carbonyl (C=O) groups is 2. The van der Waals surface area contributed by atoms with Gasteiger partial charge in [-0.25, -0.2) is 4.98 Å². The first-order valence-corrected chi connectivity index (χ1v) is 10.5. The topological polar surface area (TPSA) is 90.3 Å². The first kappa shape index (κ1) is 22.2. The van der Waals surface area contributed by atoms with Crippen LogP contribution in [0.4, 0.5) is 5.69 Å². The van der Waals surface area contributed by atoms with Crippen molar-refractivity contribution in [2.45, 2.75) is 13.5 Å². The molecule has 1 N–H and O–H groups in total. The predicted octanol–water partition coefficient (Wildman–Crippen LogP) is 4.24. The number of nitrogens with one attached hydrogen (secondary N) is 1. The molecule has 0 fully saturated rings. The summed E-state index contributed by atoms with van der Waals surface area (Å²) in [7, 11) is 1.56. The molecule has 0 bridgehead atoms. The van der Waals surface area contributed by atoms with Crippen LogP contribution in [0.15, 0.2) is 71.7 Å². The van der Waals surface area contributed by atoms with Crippen molar-refractivity contribution in [3.8, 4) is 5.75 Å². The van der Waals surface area contributed by atoms with Crippen LogP contribution in [-0.4, -0.2) is 28.4 Å². The number of ketones is 1. The second kappa shape index (κ2) is 9.26. The Balaban J connectivity index is 1.73. The average Bonchev–Trinajstić information content (AvgIpc) is 2.81. The Hall–Kier alpha value is -3.97. The summed E-state index contributed by atoms with van der Waals surface area (Å²) < 4.78 is 6.64. The van der Waals surface area contributed by atoms with E-state index in [1.807, 2.05) is 0 Å². The van der Waals surface area contributed by atoms with Crippen LogP contribution >= 0.6 is 11.6 Å². The molecular weight excluding hydrogens is 442 g/mol. The van der Waals surface area contributed by atoms with Crippen molar-refractivity contribution in [3.05, 3.63) is 98.9 Å². The van der Waals surface area contributed by atoms with Gasteiger partial charge in [-0.15, -0.1) is 0 Å². The van der Waals surface area contributed by atoms with E-state index in [1.54, 1.807) is 68.6 Å². The molecule has 0 atom stereocenters. The number of benzene rings is 2. The highest BCUT2D eigenvalue weighted by atomic mass is 35.5. The van der Waals surface area contributed by atoms with Gasteiger partial charge in [0.2, 0.25) is 11.3 Å². The lowest BCUT2D eigenvalue weighted by Crippen LogP contribution is -2.25. The Morgan fingerprint density at radius 1 is 1.09 bits per heavy atom. The van der Waals surface area contributed by atoms with Crippen LogP contribution in [0, 0.1) is 6.92 Å². The van der Waals surface area contributed by atoms with Gasteiger partial charge >= 0.3 is 0 Å². The molecule has 0 radical (unpaired) electrons. The summed E-state index contributed by atoms with van der Waals surface area (Å²) >= 11 is 6.02. The Labute approximate surface area is 194 Å². The van der Waals surface area contributed by atoms with E-state index in [2.05, 4.69) is 10.3 Å². The highest BCUT2D eigenvalue weighted by Crippen LogP contribution is 2.18. The van der Waals surface area contributed by atoms with Gasteiger partial charge in [0.05, 0.1) is 18.1 Å². The van der Waals surface area contributed by atoms with Crippen LogP contribution in [0.3, 0.4) is 0 Å². The van der Waals surface area contributed by atoms with Crippen molar-refractivity contribution >= 4 is 40.0 Å². The lowest BCUT2D eigenvalue weighted by molar-refractivity contribution is -0.116. The summed E-state index contributed by atoms with van der Waals surface area (Å²) in [5, 5.41) is 3.44. The molecule has 7 nitrogen and oxygen atoms in total. The molecule has 0 unspecified atom stereocenters. The number of amides is 1. The predicted molar refractivity (Wildman–Crippen MR) is 127 cm³/mol. The Kier molecular flexibility index (Phi) is 6.24. The van der Waals surface area contributed by atoms with Crippen LogP contribution in [0.5, 0.6) is 5.75 Å². The molecule has 33 heavy (non-hydrogen) atoms. The van der Waals surface area contributed by atoms with Crippen LogP contribution in [0.25, 0.3) is 11.0 Å². The van der Waals surface area contributed by atoms with E-state index in [0.717, 1.165) is 0 Å². The first-order chi connectivity index (χ1) is 15.9. The fourth-order valence-electron chi connectivity index (χ4n) is 3.46. The van der Waals surface area contributed by atoms with Gasteiger partial charge in [0.25, 0.3) is 0 Å². The van der Waals surface area contributed by atoms with Gasteiger partial charge in [-0.05, 0) is 55.5 Å². The number of nitrogens with zero attached hydrogens (tertiary/aromatic N) is 2. The number of rotatable bonds is 6. The number of halogens is 1. The molecule has 166 valence electrons. The first-order valence-electron chi connectivity index (χ1n) is 10.1. The van der Waals surface area contributed by atoms with E-state index in [-0.39, 0.29) is 29.0 Å². The summed E-state index contributed by atoms with van der Waals surface area (Å²) in [6.07, 6.45) is 1.38. The van der Waals surface area contributed by atoms with Gasteiger partial charge < -0.3 is 14.6 Å². The minimum absolute atomic E-state index is 0.0623. The molecule has 2 aromatic heterocycles. The van der Waals surface area contributed by atoms with E-state index in [9.17, 15) is 14.4 Å². The molecule has 0 aliphatic heterocycles. The zero-order valence-corrected chi connectivity index (χ0v) is 18.7. The fraction of sp³-hybridized carbons (Fsp3) is 0.120. The Bertz CT molecular complexity index is 1430. The van der Waals surface area contributed by atoms with E-state index >= 15 is 0 Å². The molecule has 2 heterocycles. The zero-order valence-electron chi connectivity index (χ0n) is 18.0. The smallest absolute Gasteiger partial charge is 0.244 e. The number of anilines is 1. The molecule has 4 aromatic rings. The molecule has 1 amide bonds. The van der Waals surface area contributed by atoms with E-state index in [4.69, 9.17) is 16.3 Å². The number of carbonyl (C=O) groups excluding carboxylic acids is 2. The number of hydrogen-bond donors (Lipinski definition) is 1. The van der Waals surface area contributed by atoms with Crippen molar-refractivity contribution < 1.29 is 14.3 Å². The fourth-order valence-corrected chi connectivity index (χ4v) is 3.65. The van der Waals surface area contributed by atoms with Gasteiger partial charge in [-0.1, -0.05) is 23.7 Å². The molecule has 0 aliphatic carbocycles.